The topological polar surface area (TPSA) is 88.6 Å². The maximum Gasteiger partial charge on any atom is 0.254 e. The number of carbonyl (C=O) groups excluding carboxylic acids is 1. The van der Waals surface area contributed by atoms with Gasteiger partial charge in [-0.3, -0.25) is 9.69 Å². The number of sulfonamides is 1. The maximum atomic E-state index is 13.5. The number of amides is 1. The first-order valence-electron chi connectivity index (χ1n) is 13.4. The van der Waals surface area contributed by atoms with E-state index >= 15 is 0 Å². The molecule has 41 heavy (non-hydrogen) atoms. The molecular formula is C31H37N3O6S. The van der Waals surface area contributed by atoms with E-state index in [0.717, 1.165) is 11.3 Å². The lowest BCUT2D eigenvalue weighted by atomic mass is 10.1. The summed E-state index contributed by atoms with van der Waals surface area (Å²) in [5.74, 6) is 1.98. The van der Waals surface area contributed by atoms with Crippen LogP contribution in [0.25, 0.3) is 6.08 Å². The zero-order chi connectivity index (χ0) is 29.2. The van der Waals surface area contributed by atoms with Crippen LogP contribution in [0.2, 0.25) is 0 Å². The highest BCUT2D eigenvalue weighted by Gasteiger charge is 2.29. The molecule has 0 bridgehead atoms. The summed E-state index contributed by atoms with van der Waals surface area (Å²) in [5, 5.41) is 0. The molecule has 3 aromatic rings. The van der Waals surface area contributed by atoms with Gasteiger partial charge in [-0.15, -0.1) is 0 Å². The number of hydrogen-bond donors (Lipinski definition) is 0. The lowest BCUT2D eigenvalue weighted by Crippen LogP contribution is -2.50. The Hall–Kier alpha value is -3.86. The van der Waals surface area contributed by atoms with Crippen LogP contribution in [0, 0.1) is 0 Å². The monoisotopic (exact) mass is 579 g/mol. The molecule has 0 unspecified atom stereocenters. The van der Waals surface area contributed by atoms with Crippen LogP contribution in [-0.4, -0.2) is 95.6 Å². The fourth-order valence-electron chi connectivity index (χ4n) is 4.66. The first-order chi connectivity index (χ1) is 19.8. The number of para-hydroxylation sites is 1. The minimum absolute atomic E-state index is 0.0851. The molecule has 1 amide bonds. The van der Waals surface area contributed by atoms with Crippen molar-refractivity contribution in [3.63, 3.8) is 0 Å². The molecule has 3 aromatic carbocycles. The smallest absolute Gasteiger partial charge is 0.254 e. The normalized spacial score (nSPS) is 14.6. The van der Waals surface area contributed by atoms with Crippen molar-refractivity contribution in [3.8, 4) is 17.2 Å². The second-order valence-electron chi connectivity index (χ2n) is 9.55. The van der Waals surface area contributed by atoms with Gasteiger partial charge < -0.3 is 19.1 Å². The maximum absolute atomic E-state index is 13.5. The highest BCUT2D eigenvalue weighted by Crippen LogP contribution is 2.21. The Morgan fingerprint density at radius 1 is 0.829 bits per heavy atom. The molecule has 0 N–H and O–H groups in total. The number of rotatable bonds is 12. The van der Waals surface area contributed by atoms with Crippen molar-refractivity contribution in [1.29, 1.82) is 0 Å². The Morgan fingerprint density at radius 3 is 2.05 bits per heavy atom. The van der Waals surface area contributed by atoms with Crippen molar-refractivity contribution in [3.05, 3.63) is 90.0 Å². The molecule has 0 saturated carbocycles. The Balaban J connectivity index is 1.40. The fourth-order valence-corrected chi connectivity index (χ4v) is 6.08. The standard InChI is InChI=1S/C31H37N3O6S/c1-38-27-12-10-26(11-13-27)31(35)33(18-6-8-25-7-4-5-9-30(25)40-3)22-19-32-20-23-34(24-21-32)41(36,37)29-16-14-28(39-2)15-17-29/h4-17H,18-24H2,1-3H3/b8-6+. The number of methoxy groups -OCH3 is 3. The summed E-state index contributed by atoms with van der Waals surface area (Å²) in [4.78, 5) is 17.7. The van der Waals surface area contributed by atoms with Gasteiger partial charge in [0, 0.05) is 56.9 Å². The van der Waals surface area contributed by atoms with E-state index in [1.54, 1.807) is 74.8 Å². The second-order valence-corrected chi connectivity index (χ2v) is 11.5. The minimum atomic E-state index is -3.58. The van der Waals surface area contributed by atoms with Crippen LogP contribution in [0.3, 0.4) is 0 Å². The minimum Gasteiger partial charge on any atom is -0.497 e. The van der Waals surface area contributed by atoms with Crippen LogP contribution in [0.4, 0.5) is 0 Å². The van der Waals surface area contributed by atoms with E-state index in [-0.39, 0.29) is 10.8 Å². The Morgan fingerprint density at radius 2 is 1.44 bits per heavy atom. The summed E-state index contributed by atoms with van der Waals surface area (Å²) in [7, 11) is 1.19. The largest absolute Gasteiger partial charge is 0.497 e. The lowest BCUT2D eigenvalue weighted by molar-refractivity contribution is 0.0745. The predicted molar refractivity (Wildman–Crippen MR) is 159 cm³/mol. The van der Waals surface area contributed by atoms with Crippen LogP contribution >= 0.6 is 0 Å². The zero-order valence-corrected chi connectivity index (χ0v) is 24.5. The van der Waals surface area contributed by atoms with Crippen molar-refractivity contribution in [1.82, 2.24) is 14.1 Å². The number of piperazine rings is 1. The number of nitrogens with zero attached hydrogens (tertiary/aromatic N) is 3. The molecule has 1 heterocycles. The first kappa shape index (κ1) is 30.1. The van der Waals surface area contributed by atoms with Gasteiger partial charge in [-0.05, 0) is 54.6 Å². The molecule has 0 radical (unpaired) electrons. The lowest BCUT2D eigenvalue weighted by Gasteiger charge is -2.35. The van der Waals surface area contributed by atoms with E-state index in [2.05, 4.69) is 4.90 Å². The van der Waals surface area contributed by atoms with Gasteiger partial charge in [-0.1, -0.05) is 30.4 Å². The van der Waals surface area contributed by atoms with Gasteiger partial charge in [0.15, 0.2) is 0 Å². The summed E-state index contributed by atoms with van der Waals surface area (Å²) in [5.41, 5.74) is 1.51. The zero-order valence-electron chi connectivity index (χ0n) is 23.7. The number of carbonyl (C=O) groups is 1. The van der Waals surface area contributed by atoms with Gasteiger partial charge in [0.25, 0.3) is 5.91 Å². The van der Waals surface area contributed by atoms with Crippen LogP contribution in [0.15, 0.2) is 83.8 Å². The van der Waals surface area contributed by atoms with Gasteiger partial charge in [0.05, 0.1) is 26.2 Å². The Kier molecular flexibility index (Phi) is 10.4. The average molecular weight is 580 g/mol. The van der Waals surface area contributed by atoms with Crippen molar-refractivity contribution < 1.29 is 27.4 Å². The molecule has 10 heteroatoms. The van der Waals surface area contributed by atoms with Gasteiger partial charge in [-0.25, -0.2) is 8.42 Å². The summed E-state index contributed by atoms with van der Waals surface area (Å²) in [6, 6.07) is 21.2. The van der Waals surface area contributed by atoms with Crippen molar-refractivity contribution in [2.24, 2.45) is 0 Å². The average Bonchev–Trinajstić information content (AvgIpc) is 3.02. The molecule has 9 nitrogen and oxygen atoms in total. The van der Waals surface area contributed by atoms with Crippen LogP contribution in [0.5, 0.6) is 17.2 Å². The molecule has 1 aliphatic rings. The van der Waals surface area contributed by atoms with Crippen LogP contribution in [0.1, 0.15) is 15.9 Å². The summed E-state index contributed by atoms with van der Waals surface area (Å²) in [6.45, 7) is 3.46. The molecular weight excluding hydrogens is 542 g/mol. The molecule has 1 fully saturated rings. The summed E-state index contributed by atoms with van der Waals surface area (Å²) in [6.07, 6.45) is 3.91. The van der Waals surface area contributed by atoms with E-state index in [4.69, 9.17) is 14.2 Å². The quantitative estimate of drug-likeness (QED) is 0.322. The van der Waals surface area contributed by atoms with E-state index in [0.29, 0.717) is 62.9 Å². The van der Waals surface area contributed by atoms with E-state index in [9.17, 15) is 13.2 Å². The van der Waals surface area contributed by atoms with E-state index < -0.39 is 10.0 Å². The van der Waals surface area contributed by atoms with Crippen LogP contribution in [-0.2, 0) is 10.0 Å². The van der Waals surface area contributed by atoms with Crippen molar-refractivity contribution in [2.45, 2.75) is 4.90 Å². The molecule has 0 atom stereocenters. The molecule has 0 spiro atoms. The SMILES string of the molecule is COc1ccc(C(=O)N(C/C=C/c2ccccc2OC)CCN2CCN(S(=O)(=O)c3ccc(OC)cc3)CC2)cc1. The predicted octanol–water partition coefficient (Wildman–Crippen LogP) is 3.87. The molecule has 0 aromatic heterocycles. The highest BCUT2D eigenvalue weighted by atomic mass is 32.2. The summed E-state index contributed by atoms with van der Waals surface area (Å²) >= 11 is 0. The first-order valence-corrected chi connectivity index (χ1v) is 14.9. The van der Waals surface area contributed by atoms with Gasteiger partial charge >= 0.3 is 0 Å². The number of benzene rings is 3. The third kappa shape index (κ3) is 7.66. The van der Waals surface area contributed by atoms with Crippen molar-refractivity contribution in [2.75, 3.05) is 67.1 Å². The third-order valence-electron chi connectivity index (χ3n) is 7.10. The van der Waals surface area contributed by atoms with Crippen LogP contribution < -0.4 is 14.2 Å². The van der Waals surface area contributed by atoms with E-state index in [1.807, 2.05) is 36.4 Å². The Labute approximate surface area is 242 Å². The molecule has 0 aliphatic carbocycles. The fraction of sp³-hybridized carbons (Fsp3) is 0.323. The van der Waals surface area contributed by atoms with Gasteiger partial charge in [0.2, 0.25) is 10.0 Å². The molecule has 4 rings (SSSR count). The van der Waals surface area contributed by atoms with Gasteiger partial charge in [0.1, 0.15) is 17.2 Å². The van der Waals surface area contributed by atoms with Gasteiger partial charge in [-0.2, -0.15) is 4.31 Å². The van der Waals surface area contributed by atoms with E-state index in [1.165, 1.54) is 4.31 Å². The Bertz CT molecular complexity index is 1420. The number of ether oxygens (including phenoxy) is 3. The molecule has 1 saturated heterocycles. The second kappa shape index (κ2) is 14.2. The summed E-state index contributed by atoms with van der Waals surface area (Å²) < 4.78 is 43.6. The number of hydrogen-bond acceptors (Lipinski definition) is 7. The molecule has 1 aliphatic heterocycles. The molecule has 218 valence electrons. The van der Waals surface area contributed by atoms with Crippen molar-refractivity contribution >= 4 is 22.0 Å². The third-order valence-corrected chi connectivity index (χ3v) is 9.01. The highest BCUT2D eigenvalue weighted by molar-refractivity contribution is 7.89.